The van der Waals surface area contributed by atoms with Crippen LogP contribution in [0.1, 0.15) is 56.0 Å². The van der Waals surface area contributed by atoms with Gasteiger partial charge in [0, 0.05) is 25.3 Å². The highest BCUT2D eigenvalue weighted by Gasteiger charge is 2.49. The fourth-order valence-electron chi connectivity index (χ4n) is 4.51. The Hall–Kier alpha value is -2.36. The highest BCUT2D eigenvalue weighted by atomic mass is 19.4. The van der Waals surface area contributed by atoms with E-state index in [-0.39, 0.29) is 42.2 Å². The van der Waals surface area contributed by atoms with E-state index in [1.807, 2.05) is 13.8 Å². The molecule has 1 aromatic heterocycles. The molecular formula is C19H25F3N4O3. The van der Waals surface area contributed by atoms with Crippen LogP contribution in [0.15, 0.2) is 12.3 Å². The lowest BCUT2D eigenvalue weighted by Gasteiger charge is -2.41. The van der Waals surface area contributed by atoms with Crippen LogP contribution in [0, 0.1) is 11.3 Å². The van der Waals surface area contributed by atoms with E-state index in [4.69, 9.17) is 10.8 Å². The van der Waals surface area contributed by atoms with Crippen LogP contribution in [0.2, 0.25) is 0 Å². The standard InChI is InChI=1S/C19H25F3N4O3/c1-10(2)18(4-3-13(23)6-18)16(27)26-8-11-5-12(19(20,21)22)7-24-15(11)14(9-26)25-17(28)29/h5,7,10,13-14,25H,3-4,6,8-9,23H2,1-2H3,(H,28,29)/t13-,14?,18+/m1/s1. The maximum atomic E-state index is 13.5. The molecule has 2 amide bonds. The second kappa shape index (κ2) is 7.47. The molecule has 0 saturated heterocycles. The topological polar surface area (TPSA) is 109 Å². The average molecular weight is 414 g/mol. The molecule has 160 valence electrons. The zero-order chi connectivity index (χ0) is 21.6. The highest BCUT2D eigenvalue weighted by Crippen LogP contribution is 2.46. The number of fused-ring (bicyclic) bond motifs is 1. The van der Waals surface area contributed by atoms with E-state index in [2.05, 4.69) is 10.3 Å². The average Bonchev–Trinajstić information content (AvgIpc) is 3.02. The van der Waals surface area contributed by atoms with Gasteiger partial charge in [-0.3, -0.25) is 9.78 Å². The van der Waals surface area contributed by atoms with Crippen LogP contribution >= 0.6 is 0 Å². The number of alkyl halides is 3. The lowest BCUT2D eigenvalue weighted by Crippen LogP contribution is -2.51. The fraction of sp³-hybridized carbons (Fsp3) is 0.632. The van der Waals surface area contributed by atoms with E-state index in [9.17, 15) is 22.8 Å². The second-order valence-corrected chi connectivity index (χ2v) is 8.27. The Morgan fingerprint density at radius 2 is 2.10 bits per heavy atom. The van der Waals surface area contributed by atoms with Gasteiger partial charge < -0.3 is 21.1 Å². The van der Waals surface area contributed by atoms with Crippen molar-refractivity contribution in [1.29, 1.82) is 0 Å². The molecule has 0 bridgehead atoms. The Labute approximate surface area is 166 Å². The quantitative estimate of drug-likeness (QED) is 0.705. The zero-order valence-electron chi connectivity index (χ0n) is 16.3. The van der Waals surface area contributed by atoms with Gasteiger partial charge in [0.2, 0.25) is 5.91 Å². The molecule has 29 heavy (non-hydrogen) atoms. The Kier molecular flexibility index (Phi) is 5.50. The van der Waals surface area contributed by atoms with Gasteiger partial charge in [-0.1, -0.05) is 13.8 Å². The first-order chi connectivity index (χ1) is 13.4. The largest absolute Gasteiger partial charge is 0.465 e. The van der Waals surface area contributed by atoms with Gasteiger partial charge >= 0.3 is 12.3 Å². The number of amides is 2. The van der Waals surface area contributed by atoms with Crippen LogP contribution in [0.3, 0.4) is 0 Å². The minimum atomic E-state index is -4.58. The first kappa shape index (κ1) is 21.4. The zero-order valence-corrected chi connectivity index (χ0v) is 16.3. The summed E-state index contributed by atoms with van der Waals surface area (Å²) in [6.07, 6.45) is -3.42. The number of nitrogens with one attached hydrogen (secondary N) is 1. The van der Waals surface area contributed by atoms with Crippen molar-refractivity contribution in [3.8, 4) is 0 Å². The predicted octanol–water partition coefficient (Wildman–Crippen LogP) is 2.90. The third kappa shape index (κ3) is 4.03. The summed E-state index contributed by atoms with van der Waals surface area (Å²) >= 11 is 0. The van der Waals surface area contributed by atoms with Crippen LogP contribution in [0.25, 0.3) is 0 Å². The van der Waals surface area contributed by atoms with E-state index in [0.29, 0.717) is 25.5 Å². The van der Waals surface area contributed by atoms with Crippen molar-refractivity contribution in [2.24, 2.45) is 17.1 Å². The summed E-state index contributed by atoms with van der Waals surface area (Å²) in [4.78, 5) is 30.0. The van der Waals surface area contributed by atoms with E-state index in [0.717, 1.165) is 6.07 Å². The number of carbonyl (C=O) groups is 2. The number of hydrogen-bond donors (Lipinski definition) is 3. The van der Waals surface area contributed by atoms with Crippen molar-refractivity contribution < 1.29 is 27.9 Å². The van der Waals surface area contributed by atoms with Crippen LogP contribution in [0.5, 0.6) is 0 Å². The number of nitrogens with zero attached hydrogens (tertiary/aromatic N) is 2. The molecule has 1 fully saturated rings. The van der Waals surface area contributed by atoms with Crippen LogP contribution in [-0.4, -0.2) is 39.6 Å². The summed E-state index contributed by atoms with van der Waals surface area (Å²) in [5.41, 5.74) is 4.84. The molecule has 0 radical (unpaired) electrons. The SMILES string of the molecule is CC(C)[C@]1(C(=O)N2Cc3cc(C(F)(F)F)cnc3C(NC(=O)O)C2)CC[C@@H](N)C1. The van der Waals surface area contributed by atoms with Gasteiger partial charge in [-0.2, -0.15) is 13.2 Å². The summed E-state index contributed by atoms with van der Waals surface area (Å²) < 4.78 is 39.4. The smallest absolute Gasteiger partial charge is 0.417 e. The minimum absolute atomic E-state index is 0.00420. The molecule has 7 nitrogen and oxygen atoms in total. The fourth-order valence-corrected chi connectivity index (χ4v) is 4.51. The first-order valence-corrected chi connectivity index (χ1v) is 9.54. The maximum Gasteiger partial charge on any atom is 0.417 e. The minimum Gasteiger partial charge on any atom is -0.465 e. The number of rotatable bonds is 3. The number of aromatic nitrogens is 1. The lowest BCUT2D eigenvalue weighted by molar-refractivity contribution is -0.146. The highest BCUT2D eigenvalue weighted by molar-refractivity contribution is 5.84. The van der Waals surface area contributed by atoms with E-state index in [1.54, 1.807) is 0 Å². The van der Waals surface area contributed by atoms with Crippen molar-refractivity contribution in [3.63, 3.8) is 0 Å². The van der Waals surface area contributed by atoms with Crippen molar-refractivity contribution in [1.82, 2.24) is 15.2 Å². The molecule has 1 saturated carbocycles. The van der Waals surface area contributed by atoms with Crippen molar-refractivity contribution >= 4 is 12.0 Å². The number of carbonyl (C=O) groups excluding carboxylic acids is 1. The molecule has 3 rings (SSSR count). The molecule has 10 heteroatoms. The van der Waals surface area contributed by atoms with Gasteiger partial charge in [0.1, 0.15) is 0 Å². The number of hydrogen-bond acceptors (Lipinski definition) is 4. The summed E-state index contributed by atoms with van der Waals surface area (Å²) in [7, 11) is 0. The molecule has 1 aliphatic heterocycles. The molecule has 2 heterocycles. The Morgan fingerprint density at radius 1 is 1.41 bits per heavy atom. The maximum absolute atomic E-state index is 13.5. The van der Waals surface area contributed by atoms with Gasteiger partial charge in [0.25, 0.3) is 0 Å². The molecule has 2 aliphatic rings. The van der Waals surface area contributed by atoms with Crippen molar-refractivity contribution in [3.05, 3.63) is 29.1 Å². The monoisotopic (exact) mass is 414 g/mol. The predicted molar refractivity (Wildman–Crippen MR) is 97.7 cm³/mol. The van der Waals surface area contributed by atoms with E-state index in [1.165, 1.54) is 4.90 Å². The van der Waals surface area contributed by atoms with Gasteiger partial charge in [0.05, 0.1) is 22.7 Å². The molecule has 1 aliphatic carbocycles. The van der Waals surface area contributed by atoms with Gasteiger partial charge in [-0.05, 0) is 36.8 Å². The number of carboxylic acid groups (broad SMARTS) is 1. The molecule has 1 unspecified atom stereocenters. The molecule has 1 aromatic rings. The Morgan fingerprint density at radius 3 is 2.62 bits per heavy atom. The van der Waals surface area contributed by atoms with Gasteiger partial charge in [0.15, 0.2) is 0 Å². The van der Waals surface area contributed by atoms with E-state index < -0.39 is 29.3 Å². The van der Waals surface area contributed by atoms with Crippen LogP contribution in [-0.2, 0) is 17.5 Å². The Balaban J connectivity index is 1.98. The molecule has 0 aromatic carbocycles. The van der Waals surface area contributed by atoms with Gasteiger partial charge in [-0.25, -0.2) is 4.79 Å². The second-order valence-electron chi connectivity index (χ2n) is 8.27. The summed E-state index contributed by atoms with van der Waals surface area (Å²) in [5, 5.41) is 11.4. The molecular weight excluding hydrogens is 389 g/mol. The van der Waals surface area contributed by atoms with Crippen LogP contribution < -0.4 is 11.1 Å². The Bertz CT molecular complexity index is 814. The number of nitrogens with two attached hydrogens (primary N) is 1. The summed E-state index contributed by atoms with van der Waals surface area (Å²) in [5.74, 6) is -0.198. The van der Waals surface area contributed by atoms with Crippen molar-refractivity contribution in [2.75, 3.05) is 6.54 Å². The molecule has 4 N–H and O–H groups in total. The third-order valence-corrected chi connectivity index (χ3v) is 6.13. The third-order valence-electron chi connectivity index (χ3n) is 6.13. The van der Waals surface area contributed by atoms with E-state index >= 15 is 0 Å². The normalized spacial score (nSPS) is 27.1. The number of halogens is 3. The molecule has 0 spiro atoms. The molecule has 3 atom stereocenters. The first-order valence-electron chi connectivity index (χ1n) is 9.54. The lowest BCUT2D eigenvalue weighted by atomic mass is 9.74. The van der Waals surface area contributed by atoms with Crippen molar-refractivity contribution in [2.45, 2.75) is 57.9 Å². The van der Waals surface area contributed by atoms with Crippen LogP contribution in [0.4, 0.5) is 18.0 Å². The van der Waals surface area contributed by atoms with Gasteiger partial charge in [-0.15, -0.1) is 0 Å². The summed E-state index contributed by atoms with van der Waals surface area (Å²) in [6, 6.07) is -0.0626. The number of pyridine rings is 1. The summed E-state index contributed by atoms with van der Waals surface area (Å²) in [6.45, 7) is 3.83.